The van der Waals surface area contributed by atoms with Crippen LogP contribution in [0, 0.1) is 6.92 Å². The second-order valence-electron chi connectivity index (χ2n) is 4.42. The second-order valence-corrected chi connectivity index (χ2v) is 5.30. The number of nitrogens with one attached hydrogen (secondary N) is 1. The molecule has 3 N–H and O–H groups in total. The van der Waals surface area contributed by atoms with Gasteiger partial charge in [-0.3, -0.25) is 0 Å². The highest BCUT2D eigenvalue weighted by Gasteiger charge is 2.11. The number of nitrogens with two attached hydrogens (primary N) is 1. The minimum absolute atomic E-state index is 0.724. The zero-order valence-electron chi connectivity index (χ0n) is 11.6. The normalized spacial score (nSPS) is 10.7. The van der Waals surface area contributed by atoms with Crippen LogP contribution in [0.1, 0.15) is 19.0 Å². The van der Waals surface area contributed by atoms with Gasteiger partial charge >= 0.3 is 0 Å². The van der Waals surface area contributed by atoms with E-state index in [0.717, 1.165) is 35.9 Å². The first kappa shape index (κ1) is 13.8. The zero-order chi connectivity index (χ0) is 13.8. The summed E-state index contributed by atoms with van der Waals surface area (Å²) in [6, 6.07) is 8.31. The van der Waals surface area contributed by atoms with E-state index in [4.69, 9.17) is 5.73 Å². The molecule has 0 unspecified atom stereocenters. The molecule has 0 fully saturated rings. The number of rotatable bonds is 5. The van der Waals surface area contributed by atoms with Crippen LogP contribution in [0.5, 0.6) is 0 Å². The van der Waals surface area contributed by atoms with Crippen molar-refractivity contribution in [2.45, 2.75) is 31.7 Å². The number of nitrogens with zero attached hydrogens (tertiary/aromatic N) is 2. The largest absolute Gasteiger partial charge is 0.394 e. The van der Waals surface area contributed by atoms with Crippen LogP contribution in [0.15, 0.2) is 29.2 Å². The molecule has 0 spiro atoms. The molecule has 1 heterocycles. The Bertz CT molecular complexity index is 545. The average Bonchev–Trinajstić information content (AvgIpc) is 2.68. The number of nitrogen functional groups attached to an aromatic ring is 1. The van der Waals surface area contributed by atoms with Gasteiger partial charge in [-0.25, -0.2) is 4.68 Å². The predicted molar refractivity (Wildman–Crippen MR) is 83.2 cm³/mol. The predicted octanol–water partition coefficient (Wildman–Crippen LogP) is 3.65. The molecule has 0 atom stereocenters. The summed E-state index contributed by atoms with van der Waals surface area (Å²) >= 11 is 1.73. The standard InChI is InChI=1S/C14H20N4S/c1-4-9-18-14(13(15)10(2)17-18)16-11-5-7-12(19-3)8-6-11/h5-8,16H,4,9,15H2,1-3H3. The van der Waals surface area contributed by atoms with E-state index < -0.39 is 0 Å². The second kappa shape index (κ2) is 6.02. The lowest BCUT2D eigenvalue weighted by Gasteiger charge is -2.10. The summed E-state index contributed by atoms with van der Waals surface area (Å²) in [5, 5.41) is 7.82. The van der Waals surface area contributed by atoms with Crippen LogP contribution in [0.2, 0.25) is 0 Å². The van der Waals surface area contributed by atoms with E-state index in [2.05, 4.69) is 47.9 Å². The van der Waals surface area contributed by atoms with Crippen molar-refractivity contribution < 1.29 is 0 Å². The van der Waals surface area contributed by atoms with Gasteiger partial charge in [0.05, 0.1) is 11.4 Å². The Morgan fingerprint density at radius 1 is 1.32 bits per heavy atom. The Morgan fingerprint density at radius 2 is 2.00 bits per heavy atom. The Morgan fingerprint density at radius 3 is 2.58 bits per heavy atom. The molecule has 0 amide bonds. The molecule has 5 heteroatoms. The summed E-state index contributed by atoms with van der Waals surface area (Å²) in [5.74, 6) is 0.885. The fourth-order valence-electron chi connectivity index (χ4n) is 1.91. The van der Waals surface area contributed by atoms with Crippen LogP contribution in [-0.2, 0) is 6.54 Å². The third kappa shape index (κ3) is 3.04. The van der Waals surface area contributed by atoms with E-state index in [1.54, 1.807) is 11.8 Å². The fraction of sp³-hybridized carbons (Fsp3) is 0.357. The van der Waals surface area contributed by atoms with E-state index in [1.165, 1.54) is 4.90 Å². The summed E-state index contributed by atoms with van der Waals surface area (Å²) in [4.78, 5) is 1.25. The van der Waals surface area contributed by atoms with Gasteiger partial charge in [0.25, 0.3) is 0 Å². The van der Waals surface area contributed by atoms with Gasteiger partial charge in [-0.2, -0.15) is 5.10 Å². The van der Waals surface area contributed by atoms with Crippen LogP contribution >= 0.6 is 11.8 Å². The highest BCUT2D eigenvalue weighted by Crippen LogP contribution is 2.27. The Balaban J connectivity index is 2.26. The number of thioether (sulfide) groups is 1. The van der Waals surface area contributed by atoms with Crippen LogP contribution in [0.3, 0.4) is 0 Å². The Hall–Kier alpha value is -1.62. The minimum atomic E-state index is 0.724. The SMILES string of the molecule is CCCn1nc(C)c(N)c1Nc1ccc(SC)cc1. The van der Waals surface area contributed by atoms with Gasteiger partial charge in [0.1, 0.15) is 0 Å². The molecular formula is C14H20N4S. The molecule has 0 saturated carbocycles. The first-order chi connectivity index (χ1) is 9.15. The van der Waals surface area contributed by atoms with E-state index in [-0.39, 0.29) is 0 Å². The van der Waals surface area contributed by atoms with Crippen molar-refractivity contribution in [1.82, 2.24) is 9.78 Å². The van der Waals surface area contributed by atoms with Gasteiger partial charge in [-0.15, -0.1) is 11.8 Å². The van der Waals surface area contributed by atoms with Crippen molar-refractivity contribution in [3.8, 4) is 0 Å². The maximum Gasteiger partial charge on any atom is 0.152 e. The van der Waals surface area contributed by atoms with Gasteiger partial charge < -0.3 is 11.1 Å². The fourth-order valence-corrected chi connectivity index (χ4v) is 2.32. The number of hydrogen-bond acceptors (Lipinski definition) is 4. The molecule has 0 saturated heterocycles. The summed E-state index contributed by atoms with van der Waals surface area (Å²) in [5.41, 5.74) is 8.71. The van der Waals surface area contributed by atoms with Crippen molar-refractivity contribution in [2.75, 3.05) is 17.3 Å². The molecule has 0 radical (unpaired) electrons. The van der Waals surface area contributed by atoms with Crippen LogP contribution in [0.25, 0.3) is 0 Å². The first-order valence-electron chi connectivity index (χ1n) is 6.39. The number of benzene rings is 1. The van der Waals surface area contributed by atoms with Crippen molar-refractivity contribution in [2.24, 2.45) is 0 Å². The molecule has 0 aliphatic carbocycles. The Kier molecular flexibility index (Phi) is 4.37. The summed E-state index contributed by atoms with van der Waals surface area (Å²) in [7, 11) is 0. The molecule has 2 rings (SSSR count). The van der Waals surface area contributed by atoms with Gasteiger partial charge in [0, 0.05) is 17.1 Å². The van der Waals surface area contributed by atoms with Crippen molar-refractivity contribution in [3.05, 3.63) is 30.0 Å². The molecule has 102 valence electrons. The monoisotopic (exact) mass is 276 g/mol. The Labute approximate surface area is 118 Å². The molecule has 0 aliphatic rings. The number of hydrogen-bond donors (Lipinski definition) is 2. The van der Waals surface area contributed by atoms with Crippen molar-refractivity contribution in [1.29, 1.82) is 0 Å². The summed E-state index contributed by atoms with van der Waals surface area (Å²) < 4.78 is 1.94. The summed E-state index contributed by atoms with van der Waals surface area (Å²) in [6.07, 6.45) is 3.10. The molecule has 1 aromatic carbocycles. The van der Waals surface area contributed by atoms with Crippen molar-refractivity contribution in [3.63, 3.8) is 0 Å². The number of anilines is 3. The number of aromatic nitrogens is 2. The van der Waals surface area contributed by atoms with Gasteiger partial charge in [0.15, 0.2) is 5.82 Å². The lowest BCUT2D eigenvalue weighted by molar-refractivity contribution is 0.605. The summed E-state index contributed by atoms with van der Waals surface area (Å²) in [6.45, 7) is 4.93. The third-order valence-electron chi connectivity index (χ3n) is 2.96. The van der Waals surface area contributed by atoms with Gasteiger partial charge in [-0.05, 0) is 43.9 Å². The molecule has 0 bridgehead atoms. The number of aryl methyl sites for hydroxylation is 2. The van der Waals surface area contributed by atoms with E-state index in [0.29, 0.717) is 0 Å². The molecular weight excluding hydrogens is 256 g/mol. The van der Waals surface area contributed by atoms with Crippen LogP contribution < -0.4 is 11.1 Å². The van der Waals surface area contributed by atoms with Gasteiger partial charge in [0.2, 0.25) is 0 Å². The molecule has 4 nitrogen and oxygen atoms in total. The van der Waals surface area contributed by atoms with Crippen LogP contribution in [-0.4, -0.2) is 16.0 Å². The molecule has 1 aromatic heterocycles. The van der Waals surface area contributed by atoms with E-state index >= 15 is 0 Å². The van der Waals surface area contributed by atoms with E-state index in [9.17, 15) is 0 Å². The maximum atomic E-state index is 6.09. The topological polar surface area (TPSA) is 55.9 Å². The highest BCUT2D eigenvalue weighted by molar-refractivity contribution is 7.98. The highest BCUT2D eigenvalue weighted by atomic mass is 32.2. The maximum absolute atomic E-state index is 6.09. The first-order valence-corrected chi connectivity index (χ1v) is 7.62. The van der Waals surface area contributed by atoms with E-state index in [1.807, 2.05) is 11.6 Å². The lowest BCUT2D eigenvalue weighted by Crippen LogP contribution is -2.05. The molecule has 2 aromatic rings. The van der Waals surface area contributed by atoms with Crippen molar-refractivity contribution >= 4 is 29.0 Å². The zero-order valence-corrected chi connectivity index (χ0v) is 12.4. The van der Waals surface area contributed by atoms with Crippen LogP contribution in [0.4, 0.5) is 17.2 Å². The lowest BCUT2D eigenvalue weighted by atomic mass is 10.3. The molecule has 0 aliphatic heterocycles. The molecule has 19 heavy (non-hydrogen) atoms. The average molecular weight is 276 g/mol. The minimum Gasteiger partial charge on any atom is -0.394 e. The quantitative estimate of drug-likeness (QED) is 0.818. The third-order valence-corrected chi connectivity index (χ3v) is 3.71. The smallest absolute Gasteiger partial charge is 0.152 e. The van der Waals surface area contributed by atoms with Gasteiger partial charge in [-0.1, -0.05) is 6.92 Å².